The molecule has 29 heavy (non-hydrogen) atoms. The number of nitrogens with one attached hydrogen (secondary N) is 1. The lowest BCUT2D eigenvalue weighted by Gasteiger charge is -2.25. The molecule has 0 radical (unpaired) electrons. The summed E-state index contributed by atoms with van der Waals surface area (Å²) in [7, 11) is 0. The van der Waals surface area contributed by atoms with E-state index >= 15 is 0 Å². The molecule has 1 fully saturated rings. The lowest BCUT2D eigenvalue weighted by Crippen LogP contribution is -2.39. The zero-order valence-electron chi connectivity index (χ0n) is 19.0. The molecular formula is C22H40N2O5. The van der Waals surface area contributed by atoms with Crippen molar-refractivity contribution in [1.82, 2.24) is 10.2 Å². The molecule has 1 N–H and O–H groups in total. The largest absolute Gasteiger partial charge is 0.377 e. The topological polar surface area (TPSA) is 84.9 Å². The Morgan fingerprint density at radius 2 is 1.69 bits per heavy atom. The maximum absolute atomic E-state index is 12.7. The fourth-order valence-corrected chi connectivity index (χ4v) is 3.35. The smallest absolute Gasteiger partial charge is 0.223 e. The minimum atomic E-state index is -0.138. The van der Waals surface area contributed by atoms with Crippen molar-refractivity contribution >= 4 is 17.6 Å². The van der Waals surface area contributed by atoms with Gasteiger partial charge in [-0.15, -0.1) is 0 Å². The van der Waals surface area contributed by atoms with E-state index in [0.29, 0.717) is 32.5 Å². The molecule has 1 rings (SSSR count). The molecule has 0 aliphatic carbocycles. The van der Waals surface area contributed by atoms with Gasteiger partial charge in [0.1, 0.15) is 5.78 Å². The molecule has 0 spiro atoms. The third kappa shape index (κ3) is 10.2. The van der Waals surface area contributed by atoms with Crippen molar-refractivity contribution in [3.63, 3.8) is 0 Å². The highest BCUT2D eigenvalue weighted by Gasteiger charge is 2.36. The molecular weight excluding hydrogens is 372 g/mol. The molecule has 2 amide bonds. The summed E-state index contributed by atoms with van der Waals surface area (Å²) in [5.74, 6) is -0.0168. The van der Waals surface area contributed by atoms with Gasteiger partial charge in [-0.05, 0) is 40.5 Å². The summed E-state index contributed by atoms with van der Waals surface area (Å²) in [6.07, 6.45) is 2.50. The van der Waals surface area contributed by atoms with E-state index in [4.69, 9.17) is 9.47 Å². The van der Waals surface area contributed by atoms with E-state index < -0.39 is 0 Å². The molecule has 168 valence electrons. The number of likely N-dealkylation sites (tertiary alicyclic amines) is 1. The van der Waals surface area contributed by atoms with Crippen LogP contribution in [0.1, 0.15) is 73.6 Å². The van der Waals surface area contributed by atoms with Gasteiger partial charge in [0.15, 0.2) is 0 Å². The number of hydrogen-bond donors (Lipinski definition) is 1. The zero-order chi connectivity index (χ0) is 22.0. The van der Waals surface area contributed by atoms with E-state index in [1.807, 2.05) is 46.4 Å². The van der Waals surface area contributed by atoms with Gasteiger partial charge in [-0.2, -0.15) is 0 Å². The van der Waals surface area contributed by atoms with Crippen LogP contribution < -0.4 is 5.32 Å². The standard InChI is InChI=1S/C22H40N2O5/c1-15(2)20(25)9-10-21(26)23-11-7-8-22(27)24-13-19(29-17(5)6)12-18(24)14-28-16(3)4/h15-19H,7-14H2,1-6H3,(H,23,26)/t18-,19+/m0/s1. The van der Waals surface area contributed by atoms with E-state index in [1.54, 1.807) is 0 Å². The molecule has 1 aliphatic rings. The summed E-state index contributed by atoms with van der Waals surface area (Å²) in [4.78, 5) is 38.0. The molecule has 0 unspecified atom stereocenters. The Morgan fingerprint density at radius 3 is 2.28 bits per heavy atom. The number of amides is 2. The van der Waals surface area contributed by atoms with Gasteiger partial charge in [-0.1, -0.05) is 13.8 Å². The van der Waals surface area contributed by atoms with Crippen LogP contribution in [0.25, 0.3) is 0 Å². The number of nitrogens with zero attached hydrogens (tertiary/aromatic N) is 1. The maximum atomic E-state index is 12.7. The fourth-order valence-electron chi connectivity index (χ4n) is 3.35. The van der Waals surface area contributed by atoms with Gasteiger partial charge < -0.3 is 19.7 Å². The summed E-state index contributed by atoms with van der Waals surface area (Å²) in [6, 6.07) is 0.0327. The Kier molecular flexibility index (Phi) is 11.4. The predicted octanol–water partition coefficient (Wildman–Crippen LogP) is 2.71. The molecule has 7 heteroatoms. The van der Waals surface area contributed by atoms with Gasteiger partial charge in [-0.3, -0.25) is 14.4 Å². The third-order valence-corrected chi connectivity index (χ3v) is 4.91. The first-order valence-electron chi connectivity index (χ1n) is 11.0. The highest BCUT2D eigenvalue weighted by atomic mass is 16.5. The van der Waals surface area contributed by atoms with Crippen LogP contribution in [0.15, 0.2) is 0 Å². The minimum absolute atomic E-state index is 0.0327. The second kappa shape index (κ2) is 13.0. The monoisotopic (exact) mass is 412 g/mol. The van der Waals surface area contributed by atoms with Crippen molar-refractivity contribution in [1.29, 1.82) is 0 Å². The maximum Gasteiger partial charge on any atom is 0.223 e. The van der Waals surface area contributed by atoms with Crippen LogP contribution in [0.3, 0.4) is 0 Å². The van der Waals surface area contributed by atoms with Gasteiger partial charge >= 0.3 is 0 Å². The van der Waals surface area contributed by atoms with Crippen molar-refractivity contribution in [2.75, 3.05) is 19.7 Å². The highest BCUT2D eigenvalue weighted by molar-refractivity contribution is 5.86. The molecule has 0 aromatic carbocycles. The number of hydrogen-bond acceptors (Lipinski definition) is 5. The van der Waals surface area contributed by atoms with Gasteiger partial charge in [0.25, 0.3) is 0 Å². The fraction of sp³-hybridized carbons (Fsp3) is 0.864. The second-order valence-electron chi connectivity index (χ2n) is 8.70. The van der Waals surface area contributed by atoms with Crippen LogP contribution >= 0.6 is 0 Å². The minimum Gasteiger partial charge on any atom is -0.377 e. The summed E-state index contributed by atoms with van der Waals surface area (Å²) in [5, 5.41) is 2.80. The normalized spacial score (nSPS) is 19.4. The van der Waals surface area contributed by atoms with Crippen LogP contribution in [0.5, 0.6) is 0 Å². The molecule has 0 aromatic heterocycles. The Balaban J connectivity index is 2.39. The number of carbonyl (C=O) groups excluding carboxylic acids is 3. The van der Waals surface area contributed by atoms with Crippen molar-refractivity contribution in [2.45, 2.75) is 98.0 Å². The lowest BCUT2D eigenvalue weighted by molar-refractivity contribution is -0.134. The van der Waals surface area contributed by atoms with E-state index in [2.05, 4.69) is 5.32 Å². The first-order valence-corrected chi connectivity index (χ1v) is 11.0. The number of rotatable bonds is 13. The van der Waals surface area contributed by atoms with Gasteiger partial charge in [0.2, 0.25) is 11.8 Å². The molecule has 1 saturated heterocycles. The Labute approximate surface area is 175 Å². The SMILES string of the molecule is CC(C)OC[C@@H]1C[C@@H](OC(C)C)CN1C(=O)CCCNC(=O)CCC(=O)C(C)C. The van der Waals surface area contributed by atoms with Crippen LogP contribution in [-0.2, 0) is 23.9 Å². The number of carbonyl (C=O) groups is 3. The quantitative estimate of drug-likeness (QED) is 0.470. The van der Waals surface area contributed by atoms with Crippen LogP contribution in [0, 0.1) is 5.92 Å². The summed E-state index contributed by atoms with van der Waals surface area (Å²) in [5.41, 5.74) is 0. The Hall–Kier alpha value is -1.47. The molecule has 0 aromatic rings. The second-order valence-corrected chi connectivity index (χ2v) is 8.70. The van der Waals surface area contributed by atoms with E-state index in [1.165, 1.54) is 0 Å². The highest BCUT2D eigenvalue weighted by Crippen LogP contribution is 2.23. The summed E-state index contributed by atoms with van der Waals surface area (Å²) in [6.45, 7) is 13.2. The number of ketones is 1. The van der Waals surface area contributed by atoms with Crippen LogP contribution in [0.2, 0.25) is 0 Å². The molecule has 0 saturated carbocycles. The molecule has 1 heterocycles. The van der Waals surface area contributed by atoms with E-state index in [9.17, 15) is 14.4 Å². The molecule has 1 aliphatic heterocycles. The van der Waals surface area contributed by atoms with Crippen molar-refractivity contribution in [3.05, 3.63) is 0 Å². The van der Waals surface area contributed by atoms with Crippen molar-refractivity contribution in [2.24, 2.45) is 5.92 Å². The van der Waals surface area contributed by atoms with Crippen molar-refractivity contribution < 1.29 is 23.9 Å². The zero-order valence-corrected chi connectivity index (χ0v) is 19.0. The molecule has 7 nitrogen and oxygen atoms in total. The lowest BCUT2D eigenvalue weighted by atomic mass is 10.0. The first kappa shape index (κ1) is 25.6. The molecule has 0 bridgehead atoms. The first-order chi connectivity index (χ1) is 13.6. The van der Waals surface area contributed by atoms with Crippen LogP contribution in [-0.4, -0.2) is 66.5 Å². The summed E-state index contributed by atoms with van der Waals surface area (Å²) < 4.78 is 11.7. The summed E-state index contributed by atoms with van der Waals surface area (Å²) >= 11 is 0. The molecule has 2 atom stereocenters. The number of Topliss-reactive ketones (excluding diaryl/α,β-unsaturated/α-hetero) is 1. The number of ether oxygens (including phenoxy) is 2. The Morgan fingerprint density at radius 1 is 1.00 bits per heavy atom. The van der Waals surface area contributed by atoms with Gasteiger partial charge in [-0.25, -0.2) is 0 Å². The van der Waals surface area contributed by atoms with E-state index in [0.717, 1.165) is 6.42 Å². The van der Waals surface area contributed by atoms with E-state index in [-0.39, 0.29) is 60.7 Å². The average molecular weight is 413 g/mol. The predicted molar refractivity (Wildman–Crippen MR) is 113 cm³/mol. The average Bonchev–Trinajstić information content (AvgIpc) is 3.03. The van der Waals surface area contributed by atoms with Crippen LogP contribution in [0.4, 0.5) is 0 Å². The van der Waals surface area contributed by atoms with Crippen molar-refractivity contribution in [3.8, 4) is 0 Å². The van der Waals surface area contributed by atoms with Gasteiger partial charge in [0, 0.05) is 38.3 Å². The third-order valence-electron chi connectivity index (χ3n) is 4.91. The van der Waals surface area contributed by atoms with Gasteiger partial charge in [0.05, 0.1) is 31.0 Å². The Bertz CT molecular complexity index is 533.